The van der Waals surface area contributed by atoms with Crippen LogP contribution in [0.4, 0.5) is 11.9 Å². The lowest BCUT2D eigenvalue weighted by Gasteiger charge is -2.19. The molecule has 0 bridgehead atoms. The van der Waals surface area contributed by atoms with E-state index in [9.17, 15) is 0 Å². The van der Waals surface area contributed by atoms with E-state index in [1.54, 1.807) is 0 Å². The Morgan fingerprint density at radius 3 is 2.45 bits per heavy atom. The second-order valence-corrected chi connectivity index (χ2v) is 4.20. The van der Waals surface area contributed by atoms with Crippen LogP contribution in [0.15, 0.2) is 0 Å². The van der Waals surface area contributed by atoms with Crippen molar-refractivity contribution in [3.05, 3.63) is 0 Å². The van der Waals surface area contributed by atoms with Gasteiger partial charge in [-0.25, -0.2) is 5.84 Å². The van der Waals surface area contributed by atoms with Crippen molar-refractivity contribution in [1.82, 2.24) is 19.9 Å². The van der Waals surface area contributed by atoms with Gasteiger partial charge in [-0.3, -0.25) is 5.43 Å². The van der Waals surface area contributed by atoms with E-state index in [4.69, 9.17) is 10.6 Å². The Kier molecular flexibility index (Phi) is 7.59. The molecule has 8 nitrogen and oxygen atoms in total. The van der Waals surface area contributed by atoms with Gasteiger partial charge in [0.15, 0.2) is 0 Å². The van der Waals surface area contributed by atoms with Gasteiger partial charge in [0.25, 0.3) is 0 Å². The van der Waals surface area contributed by atoms with Crippen molar-refractivity contribution in [1.29, 1.82) is 0 Å². The number of nitrogens with one attached hydrogen (secondary N) is 2. The number of nitrogens with two attached hydrogens (primary N) is 1. The summed E-state index contributed by atoms with van der Waals surface area (Å²) in [5.74, 6) is 6.07. The number of rotatable bonds is 10. The maximum atomic E-state index is 5.33. The van der Waals surface area contributed by atoms with Gasteiger partial charge >= 0.3 is 6.01 Å². The van der Waals surface area contributed by atoms with Crippen LogP contribution in [-0.2, 0) is 0 Å². The van der Waals surface area contributed by atoms with E-state index in [1.807, 2.05) is 6.92 Å². The SMILES string of the molecule is CCCN(CC)CCNc1nc(NN)nc(OCC)n1. The lowest BCUT2D eigenvalue weighted by molar-refractivity contribution is 0.299. The number of nitrogens with zero attached hydrogens (tertiary/aromatic N) is 4. The van der Waals surface area contributed by atoms with Crippen molar-refractivity contribution in [3.8, 4) is 6.01 Å². The zero-order valence-corrected chi connectivity index (χ0v) is 12.5. The minimum Gasteiger partial charge on any atom is -0.464 e. The molecule has 0 radical (unpaired) electrons. The minimum atomic E-state index is 0.263. The lowest BCUT2D eigenvalue weighted by Crippen LogP contribution is -2.30. The molecule has 0 atom stereocenters. The average Bonchev–Trinajstić information content (AvgIpc) is 2.46. The Bertz CT molecular complexity index is 388. The zero-order valence-electron chi connectivity index (χ0n) is 12.5. The summed E-state index contributed by atoms with van der Waals surface area (Å²) in [6, 6.07) is 0.263. The normalized spacial score (nSPS) is 10.7. The molecule has 0 unspecified atom stereocenters. The number of hydrogen-bond acceptors (Lipinski definition) is 8. The quantitative estimate of drug-likeness (QED) is 0.426. The van der Waals surface area contributed by atoms with Crippen LogP contribution in [0.25, 0.3) is 0 Å². The highest BCUT2D eigenvalue weighted by Crippen LogP contribution is 2.10. The van der Waals surface area contributed by atoms with Crippen LogP contribution in [-0.4, -0.2) is 52.6 Å². The molecule has 0 saturated carbocycles. The maximum Gasteiger partial charge on any atom is 0.323 e. The molecule has 0 aliphatic rings. The summed E-state index contributed by atoms with van der Waals surface area (Å²) in [5.41, 5.74) is 2.40. The van der Waals surface area contributed by atoms with Crippen LogP contribution >= 0.6 is 0 Å². The van der Waals surface area contributed by atoms with E-state index in [0.717, 1.165) is 32.6 Å². The van der Waals surface area contributed by atoms with Crippen molar-refractivity contribution < 1.29 is 4.74 Å². The second kappa shape index (κ2) is 9.27. The third kappa shape index (κ3) is 5.54. The molecule has 4 N–H and O–H groups in total. The van der Waals surface area contributed by atoms with Gasteiger partial charge < -0.3 is 15.0 Å². The highest BCUT2D eigenvalue weighted by molar-refractivity contribution is 5.34. The van der Waals surface area contributed by atoms with Crippen LogP contribution in [0.5, 0.6) is 6.01 Å². The fourth-order valence-corrected chi connectivity index (χ4v) is 1.76. The number of nitrogen functional groups attached to an aromatic ring is 1. The molecule has 0 saturated heterocycles. The van der Waals surface area contributed by atoms with Gasteiger partial charge in [-0.05, 0) is 26.4 Å². The number of anilines is 2. The standard InChI is InChI=1S/C12H25N7O/c1-4-8-19(5-2)9-7-14-10-15-11(18-13)17-12(16-10)20-6-3/h4-9,13H2,1-3H3,(H2,14,15,16,17,18). The average molecular weight is 283 g/mol. The lowest BCUT2D eigenvalue weighted by atomic mass is 10.4. The van der Waals surface area contributed by atoms with Gasteiger partial charge in [-0.2, -0.15) is 15.0 Å². The summed E-state index contributed by atoms with van der Waals surface area (Å²) in [4.78, 5) is 14.7. The van der Waals surface area contributed by atoms with Crippen molar-refractivity contribution in [2.45, 2.75) is 27.2 Å². The third-order valence-electron chi connectivity index (χ3n) is 2.72. The molecule has 0 aromatic carbocycles. The molecule has 1 heterocycles. The molecule has 0 aliphatic heterocycles. The van der Waals surface area contributed by atoms with Gasteiger partial charge in [0.1, 0.15) is 0 Å². The van der Waals surface area contributed by atoms with E-state index in [2.05, 4.69) is 44.4 Å². The Labute approximate surface area is 120 Å². The second-order valence-electron chi connectivity index (χ2n) is 4.20. The first-order valence-electron chi connectivity index (χ1n) is 7.05. The molecule has 8 heteroatoms. The van der Waals surface area contributed by atoms with Gasteiger partial charge in [0.05, 0.1) is 6.61 Å². The van der Waals surface area contributed by atoms with Gasteiger partial charge in [-0.1, -0.05) is 13.8 Å². The summed E-state index contributed by atoms with van der Waals surface area (Å²) >= 11 is 0. The molecule has 1 rings (SSSR count). The van der Waals surface area contributed by atoms with Crippen LogP contribution in [0.1, 0.15) is 27.2 Å². The summed E-state index contributed by atoms with van der Waals surface area (Å²) in [5, 5.41) is 3.16. The van der Waals surface area contributed by atoms with Gasteiger partial charge in [-0.15, -0.1) is 0 Å². The maximum absolute atomic E-state index is 5.33. The smallest absolute Gasteiger partial charge is 0.323 e. The molecule has 0 spiro atoms. The van der Waals surface area contributed by atoms with E-state index >= 15 is 0 Å². The number of hydrogen-bond donors (Lipinski definition) is 3. The van der Waals surface area contributed by atoms with Crippen molar-refractivity contribution in [2.75, 3.05) is 43.5 Å². The van der Waals surface area contributed by atoms with Crippen LogP contribution in [0.2, 0.25) is 0 Å². The van der Waals surface area contributed by atoms with Crippen molar-refractivity contribution in [2.24, 2.45) is 5.84 Å². The van der Waals surface area contributed by atoms with Crippen LogP contribution in [0, 0.1) is 0 Å². The molecule has 0 amide bonds. The summed E-state index contributed by atoms with van der Waals surface area (Å²) in [6.45, 7) is 10.5. The molecular weight excluding hydrogens is 258 g/mol. The highest BCUT2D eigenvalue weighted by Gasteiger charge is 2.07. The zero-order chi connectivity index (χ0) is 14.8. The largest absolute Gasteiger partial charge is 0.464 e. The molecule has 114 valence electrons. The van der Waals surface area contributed by atoms with Crippen LogP contribution in [0.3, 0.4) is 0 Å². The monoisotopic (exact) mass is 283 g/mol. The fraction of sp³-hybridized carbons (Fsp3) is 0.750. The molecule has 0 aliphatic carbocycles. The predicted octanol–water partition coefficient (Wildman–Crippen LogP) is 0.700. The number of likely N-dealkylation sites (N-methyl/N-ethyl adjacent to an activating group) is 1. The molecule has 20 heavy (non-hydrogen) atoms. The summed E-state index contributed by atoms with van der Waals surface area (Å²) in [7, 11) is 0. The third-order valence-corrected chi connectivity index (χ3v) is 2.72. The van der Waals surface area contributed by atoms with Crippen molar-refractivity contribution in [3.63, 3.8) is 0 Å². The van der Waals surface area contributed by atoms with E-state index in [-0.39, 0.29) is 12.0 Å². The number of aromatic nitrogens is 3. The van der Waals surface area contributed by atoms with Crippen LogP contribution < -0.4 is 21.3 Å². The first-order chi connectivity index (χ1) is 9.73. The van der Waals surface area contributed by atoms with E-state index in [0.29, 0.717) is 12.6 Å². The van der Waals surface area contributed by atoms with Crippen molar-refractivity contribution >= 4 is 11.9 Å². The Hall–Kier alpha value is -1.67. The molecule has 0 fully saturated rings. The molecular formula is C12H25N7O. The number of ether oxygens (including phenoxy) is 1. The minimum absolute atomic E-state index is 0.263. The summed E-state index contributed by atoms with van der Waals surface area (Å²) < 4.78 is 5.27. The van der Waals surface area contributed by atoms with E-state index < -0.39 is 0 Å². The fourth-order valence-electron chi connectivity index (χ4n) is 1.76. The molecule has 1 aromatic heterocycles. The Morgan fingerprint density at radius 1 is 1.10 bits per heavy atom. The highest BCUT2D eigenvalue weighted by atomic mass is 16.5. The molecule has 1 aromatic rings. The first kappa shape index (κ1) is 16.4. The topological polar surface area (TPSA) is 101 Å². The Balaban J connectivity index is 2.55. The van der Waals surface area contributed by atoms with Gasteiger partial charge in [0, 0.05) is 13.1 Å². The number of hydrazine groups is 1. The van der Waals surface area contributed by atoms with Gasteiger partial charge in [0.2, 0.25) is 11.9 Å². The first-order valence-corrected chi connectivity index (χ1v) is 7.05. The Morgan fingerprint density at radius 2 is 1.85 bits per heavy atom. The summed E-state index contributed by atoms with van der Waals surface area (Å²) in [6.07, 6.45) is 1.15. The predicted molar refractivity (Wildman–Crippen MR) is 79.7 cm³/mol. The van der Waals surface area contributed by atoms with E-state index in [1.165, 1.54) is 0 Å².